The molecule has 1 saturated heterocycles. The Morgan fingerprint density at radius 2 is 2.28 bits per heavy atom. The number of nitrogens with zero attached hydrogens (tertiary/aromatic N) is 2. The summed E-state index contributed by atoms with van der Waals surface area (Å²) < 4.78 is 7.88. The lowest BCUT2D eigenvalue weighted by Crippen LogP contribution is -2.18. The van der Waals surface area contributed by atoms with Gasteiger partial charge in [-0.15, -0.1) is 0 Å². The fraction of sp³-hybridized carbons (Fsp3) is 0.533. The number of rotatable bonds is 2. The Kier molecular flexibility index (Phi) is 3.08. The van der Waals surface area contributed by atoms with Crippen LogP contribution in [0.3, 0.4) is 0 Å². The smallest absolute Gasteiger partial charge is 0.150 e. The zero-order valence-electron chi connectivity index (χ0n) is 11.1. The Morgan fingerprint density at radius 1 is 1.39 bits per heavy atom. The van der Waals surface area contributed by atoms with Gasteiger partial charge in [0.1, 0.15) is 0 Å². The molecule has 0 radical (unpaired) electrons. The van der Waals surface area contributed by atoms with Gasteiger partial charge in [-0.3, -0.25) is 0 Å². The number of hydrogen-bond donors (Lipinski definition) is 0. The first-order valence-corrected chi connectivity index (χ1v) is 6.88. The van der Waals surface area contributed by atoms with E-state index in [1.165, 1.54) is 34.9 Å². The number of aromatic nitrogens is 2. The fourth-order valence-electron chi connectivity index (χ4n) is 2.83. The quantitative estimate of drug-likeness (QED) is 0.807. The van der Waals surface area contributed by atoms with Crippen LogP contribution in [0.25, 0.3) is 10.9 Å². The molecule has 1 aromatic carbocycles. The van der Waals surface area contributed by atoms with Gasteiger partial charge in [0.15, 0.2) is 6.23 Å². The van der Waals surface area contributed by atoms with Gasteiger partial charge in [0.2, 0.25) is 0 Å². The van der Waals surface area contributed by atoms with Crippen molar-refractivity contribution in [1.29, 1.82) is 0 Å². The average Bonchev–Trinajstić information content (AvgIpc) is 2.85. The summed E-state index contributed by atoms with van der Waals surface area (Å²) in [7, 11) is 0. The summed E-state index contributed by atoms with van der Waals surface area (Å²) in [6.45, 7) is 5.25. The van der Waals surface area contributed by atoms with E-state index in [0.717, 1.165) is 19.4 Å². The fourth-order valence-corrected chi connectivity index (χ4v) is 2.83. The molecule has 1 aliphatic heterocycles. The third-order valence-corrected chi connectivity index (χ3v) is 3.97. The molecule has 0 bridgehead atoms. The summed E-state index contributed by atoms with van der Waals surface area (Å²) in [6.07, 6.45) is 6.68. The molecule has 1 aliphatic rings. The molecule has 2 aromatic rings. The molecule has 3 heteroatoms. The first-order chi connectivity index (χ1) is 8.81. The second kappa shape index (κ2) is 4.73. The first-order valence-electron chi connectivity index (χ1n) is 6.88. The molecule has 1 fully saturated rings. The third kappa shape index (κ3) is 1.83. The minimum absolute atomic E-state index is 0.128. The van der Waals surface area contributed by atoms with E-state index in [1.54, 1.807) is 0 Å². The van der Waals surface area contributed by atoms with Crippen LogP contribution in [0.1, 0.15) is 43.5 Å². The lowest BCUT2D eigenvalue weighted by molar-refractivity contribution is -0.0366. The highest BCUT2D eigenvalue weighted by molar-refractivity contribution is 5.83. The van der Waals surface area contributed by atoms with Gasteiger partial charge < -0.3 is 4.74 Å². The zero-order valence-corrected chi connectivity index (χ0v) is 11.1. The van der Waals surface area contributed by atoms with Crippen LogP contribution < -0.4 is 0 Å². The maximum atomic E-state index is 5.83. The zero-order chi connectivity index (χ0) is 12.5. The summed E-state index contributed by atoms with van der Waals surface area (Å²) in [5, 5.41) is 5.81. The van der Waals surface area contributed by atoms with E-state index in [4.69, 9.17) is 4.74 Å². The number of ether oxygens (including phenoxy) is 1. The molecule has 1 aromatic heterocycles. The van der Waals surface area contributed by atoms with Gasteiger partial charge in [0.25, 0.3) is 0 Å². The second-order valence-corrected chi connectivity index (χ2v) is 5.05. The van der Waals surface area contributed by atoms with Crippen molar-refractivity contribution in [2.24, 2.45) is 0 Å². The van der Waals surface area contributed by atoms with E-state index < -0.39 is 0 Å². The molecule has 0 aliphatic carbocycles. The number of fused-ring (bicyclic) bond motifs is 1. The van der Waals surface area contributed by atoms with Crippen molar-refractivity contribution in [2.75, 3.05) is 6.61 Å². The van der Waals surface area contributed by atoms with Crippen molar-refractivity contribution in [2.45, 2.75) is 45.8 Å². The molecule has 0 spiro atoms. The van der Waals surface area contributed by atoms with Gasteiger partial charge in [0, 0.05) is 12.0 Å². The highest BCUT2D eigenvalue weighted by Crippen LogP contribution is 2.28. The Bertz CT molecular complexity index is 553. The van der Waals surface area contributed by atoms with Crippen LogP contribution in [0.4, 0.5) is 0 Å². The van der Waals surface area contributed by atoms with E-state index in [2.05, 4.69) is 35.8 Å². The molecule has 3 nitrogen and oxygen atoms in total. The summed E-state index contributed by atoms with van der Waals surface area (Å²) in [6, 6.07) is 4.41. The van der Waals surface area contributed by atoms with E-state index >= 15 is 0 Å². The molecule has 1 atom stereocenters. The second-order valence-electron chi connectivity index (χ2n) is 5.05. The van der Waals surface area contributed by atoms with Crippen LogP contribution in [0.5, 0.6) is 0 Å². The van der Waals surface area contributed by atoms with Crippen molar-refractivity contribution < 1.29 is 4.74 Å². The van der Waals surface area contributed by atoms with Gasteiger partial charge in [-0.2, -0.15) is 5.10 Å². The van der Waals surface area contributed by atoms with Crippen molar-refractivity contribution in [1.82, 2.24) is 9.78 Å². The monoisotopic (exact) mass is 244 g/mol. The maximum Gasteiger partial charge on any atom is 0.150 e. The van der Waals surface area contributed by atoms with Crippen LogP contribution in [0.15, 0.2) is 18.3 Å². The molecule has 1 unspecified atom stereocenters. The van der Waals surface area contributed by atoms with Crippen molar-refractivity contribution in [3.63, 3.8) is 0 Å². The van der Waals surface area contributed by atoms with Crippen molar-refractivity contribution in [3.8, 4) is 0 Å². The summed E-state index contributed by atoms with van der Waals surface area (Å²) in [5.41, 5.74) is 3.97. The summed E-state index contributed by atoms with van der Waals surface area (Å²) >= 11 is 0. The van der Waals surface area contributed by atoms with Crippen LogP contribution in [-0.2, 0) is 11.2 Å². The predicted octanol–water partition coefficient (Wildman–Crippen LogP) is 3.61. The molecule has 2 heterocycles. The Hall–Kier alpha value is -1.35. The maximum absolute atomic E-state index is 5.83. The molecule has 96 valence electrons. The van der Waals surface area contributed by atoms with Gasteiger partial charge in [-0.05, 0) is 49.8 Å². The van der Waals surface area contributed by atoms with E-state index in [1.807, 2.05) is 6.20 Å². The van der Waals surface area contributed by atoms with Crippen molar-refractivity contribution in [3.05, 3.63) is 29.5 Å². The van der Waals surface area contributed by atoms with Gasteiger partial charge >= 0.3 is 0 Å². The predicted molar refractivity (Wildman–Crippen MR) is 72.7 cm³/mol. The van der Waals surface area contributed by atoms with E-state index in [9.17, 15) is 0 Å². The van der Waals surface area contributed by atoms with Gasteiger partial charge in [-0.25, -0.2) is 4.68 Å². The molecular formula is C15H20N2O. The van der Waals surface area contributed by atoms with Crippen LogP contribution in [0.2, 0.25) is 0 Å². The topological polar surface area (TPSA) is 27.1 Å². The molecule has 18 heavy (non-hydrogen) atoms. The van der Waals surface area contributed by atoms with E-state index in [-0.39, 0.29) is 6.23 Å². The minimum atomic E-state index is 0.128. The van der Waals surface area contributed by atoms with Gasteiger partial charge in [0.05, 0.1) is 11.7 Å². The highest BCUT2D eigenvalue weighted by atomic mass is 16.5. The first kappa shape index (κ1) is 11.7. The highest BCUT2D eigenvalue weighted by Gasteiger charge is 2.19. The number of aryl methyl sites for hydroxylation is 2. The SMILES string of the molecule is CCc1ccc2c(cnn2C2CCCCO2)c1C. The van der Waals surface area contributed by atoms with Crippen LogP contribution >= 0.6 is 0 Å². The normalized spacial score (nSPS) is 20.4. The number of hydrogen-bond acceptors (Lipinski definition) is 2. The van der Waals surface area contributed by atoms with E-state index in [0.29, 0.717) is 0 Å². The van der Waals surface area contributed by atoms with Crippen LogP contribution in [-0.4, -0.2) is 16.4 Å². The Morgan fingerprint density at radius 3 is 3.00 bits per heavy atom. The minimum Gasteiger partial charge on any atom is -0.356 e. The average molecular weight is 244 g/mol. The molecule has 3 rings (SSSR count). The Labute approximate surface area is 108 Å². The molecular weight excluding hydrogens is 224 g/mol. The molecule has 0 amide bonds. The van der Waals surface area contributed by atoms with Crippen molar-refractivity contribution >= 4 is 10.9 Å². The lowest BCUT2D eigenvalue weighted by Gasteiger charge is -2.23. The summed E-state index contributed by atoms with van der Waals surface area (Å²) in [4.78, 5) is 0. The number of benzene rings is 1. The van der Waals surface area contributed by atoms with Gasteiger partial charge in [-0.1, -0.05) is 13.0 Å². The standard InChI is InChI=1S/C15H20N2O/c1-3-12-7-8-14-13(11(12)2)10-16-17(14)15-6-4-5-9-18-15/h7-8,10,15H,3-6,9H2,1-2H3. The molecule has 0 saturated carbocycles. The van der Waals surface area contributed by atoms with Crippen LogP contribution in [0, 0.1) is 6.92 Å². The lowest BCUT2D eigenvalue weighted by atomic mass is 10.0. The largest absolute Gasteiger partial charge is 0.356 e. The summed E-state index contributed by atoms with van der Waals surface area (Å²) in [5.74, 6) is 0. The third-order valence-electron chi connectivity index (χ3n) is 3.97. The molecule has 0 N–H and O–H groups in total. The Balaban J connectivity index is 2.06.